The molecule has 0 saturated carbocycles. The molecular weight excluding hydrogens is 392 g/mol. The fraction of sp³-hybridized carbons (Fsp3) is 0.348. The first-order chi connectivity index (χ1) is 15.3. The van der Waals surface area contributed by atoms with Gasteiger partial charge in [-0.25, -0.2) is 9.67 Å². The number of carbonyl (C=O) groups is 1. The van der Waals surface area contributed by atoms with Crippen LogP contribution in [0.3, 0.4) is 0 Å². The molecule has 0 unspecified atom stereocenters. The van der Waals surface area contributed by atoms with E-state index in [2.05, 4.69) is 20.3 Å². The normalized spacial score (nSPS) is 19.2. The molecule has 8 heteroatoms. The number of hydrogen-bond donors (Lipinski definition) is 1. The highest BCUT2D eigenvalue weighted by Crippen LogP contribution is 2.33. The van der Waals surface area contributed by atoms with E-state index in [1.54, 1.807) is 11.0 Å². The zero-order valence-electron chi connectivity index (χ0n) is 17.4. The van der Waals surface area contributed by atoms with Crippen molar-refractivity contribution in [1.29, 1.82) is 0 Å². The number of benzene rings is 2. The maximum Gasteiger partial charge on any atom is 0.257 e. The first kappa shape index (κ1) is 19.7. The van der Waals surface area contributed by atoms with Crippen LogP contribution in [0, 0.1) is 0 Å². The quantitative estimate of drug-likeness (QED) is 0.663. The summed E-state index contributed by atoms with van der Waals surface area (Å²) in [6, 6.07) is 15.8. The highest BCUT2D eigenvalue weighted by atomic mass is 16.5. The van der Waals surface area contributed by atoms with Gasteiger partial charge in [0.2, 0.25) is 0 Å². The van der Waals surface area contributed by atoms with Crippen molar-refractivity contribution in [3.8, 4) is 5.69 Å². The number of morpholine rings is 1. The third kappa shape index (κ3) is 4.17. The van der Waals surface area contributed by atoms with E-state index in [0.29, 0.717) is 6.54 Å². The van der Waals surface area contributed by atoms with Gasteiger partial charge in [-0.15, -0.1) is 0 Å². The van der Waals surface area contributed by atoms with Crippen LogP contribution >= 0.6 is 0 Å². The number of fused-ring (bicyclic) bond motifs is 1. The number of anilines is 1. The van der Waals surface area contributed by atoms with Crippen molar-refractivity contribution < 1.29 is 9.53 Å². The molecule has 31 heavy (non-hydrogen) atoms. The van der Waals surface area contributed by atoms with Gasteiger partial charge in [-0.1, -0.05) is 24.3 Å². The lowest BCUT2D eigenvalue weighted by Gasteiger charge is -2.38. The van der Waals surface area contributed by atoms with Gasteiger partial charge < -0.3 is 15.0 Å². The molecule has 5 rings (SSSR count). The number of hydrogen-bond acceptors (Lipinski definition) is 6. The van der Waals surface area contributed by atoms with Crippen LogP contribution in [-0.2, 0) is 4.74 Å². The lowest BCUT2D eigenvalue weighted by atomic mass is 10.0. The van der Waals surface area contributed by atoms with E-state index in [-0.39, 0.29) is 12.1 Å². The molecule has 2 aliphatic heterocycles. The number of carbonyl (C=O) groups excluding carboxylic acids is 1. The van der Waals surface area contributed by atoms with Crippen LogP contribution in [-0.4, -0.2) is 69.9 Å². The van der Waals surface area contributed by atoms with Crippen LogP contribution in [0.1, 0.15) is 28.5 Å². The third-order valence-electron chi connectivity index (χ3n) is 5.89. The minimum Gasteiger partial charge on any atom is -0.379 e. The van der Waals surface area contributed by atoms with Gasteiger partial charge in [0.15, 0.2) is 0 Å². The Balaban J connectivity index is 1.36. The molecule has 1 N–H and O–H groups in total. The summed E-state index contributed by atoms with van der Waals surface area (Å²) in [5.41, 5.74) is 3.58. The number of rotatable bonds is 6. The molecule has 0 bridgehead atoms. The van der Waals surface area contributed by atoms with Crippen molar-refractivity contribution in [1.82, 2.24) is 24.6 Å². The average molecular weight is 419 g/mol. The monoisotopic (exact) mass is 418 g/mol. The Morgan fingerprint density at radius 2 is 1.84 bits per heavy atom. The number of aromatic nitrogens is 3. The fourth-order valence-corrected chi connectivity index (χ4v) is 4.23. The summed E-state index contributed by atoms with van der Waals surface area (Å²) in [5.74, 6) is 0.0710. The van der Waals surface area contributed by atoms with E-state index >= 15 is 0 Å². The third-order valence-corrected chi connectivity index (χ3v) is 5.89. The van der Waals surface area contributed by atoms with Gasteiger partial charge in [0.1, 0.15) is 18.8 Å². The van der Waals surface area contributed by atoms with E-state index in [9.17, 15) is 4.79 Å². The van der Waals surface area contributed by atoms with E-state index < -0.39 is 0 Å². The van der Waals surface area contributed by atoms with Crippen molar-refractivity contribution in [2.45, 2.75) is 12.6 Å². The molecule has 1 saturated heterocycles. The van der Waals surface area contributed by atoms with Crippen LogP contribution in [0.15, 0.2) is 61.2 Å². The molecule has 0 radical (unpaired) electrons. The Morgan fingerprint density at radius 1 is 1.03 bits per heavy atom. The van der Waals surface area contributed by atoms with Crippen LogP contribution in [0.2, 0.25) is 0 Å². The van der Waals surface area contributed by atoms with Gasteiger partial charge in [-0.05, 0) is 36.2 Å². The second-order valence-corrected chi connectivity index (χ2v) is 7.83. The Hall–Kier alpha value is -3.23. The number of nitrogens with zero attached hydrogens (tertiary/aromatic N) is 5. The molecule has 3 heterocycles. The average Bonchev–Trinajstić information content (AvgIpc) is 3.36. The number of amides is 1. The SMILES string of the molecule is O=C1c2ccccc2N[C@@H](c2ccc(-n3cncn3)cc2)N1CCCN1CCOCC1. The zero-order valence-corrected chi connectivity index (χ0v) is 17.4. The van der Waals surface area contributed by atoms with Gasteiger partial charge in [0.25, 0.3) is 5.91 Å². The minimum absolute atomic E-state index is 0.0710. The lowest BCUT2D eigenvalue weighted by Crippen LogP contribution is -2.44. The van der Waals surface area contributed by atoms with Crippen LogP contribution < -0.4 is 5.32 Å². The zero-order chi connectivity index (χ0) is 21.0. The van der Waals surface area contributed by atoms with Gasteiger partial charge >= 0.3 is 0 Å². The van der Waals surface area contributed by atoms with Crippen molar-refractivity contribution in [2.75, 3.05) is 44.7 Å². The van der Waals surface area contributed by atoms with E-state index in [0.717, 1.165) is 61.8 Å². The smallest absolute Gasteiger partial charge is 0.257 e. The molecule has 3 aromatic rings. The van der Waals surface area contributed by atoms with Crippen LogP contribution in [0.25, 0.3) is 5.69 Å². The summed E-state index contributed by atoms with van der Waals surface area (Å²) < 4.78 is 7.16. The van der Waals surface area contributed by atoms with Gasteiger partial charge in [0, 0.05) is 31.9 Å². The molecule has 1 fully saturated rings. The molecule has 1 aromatic heterocycles. The summed E-state index contributed by atoms with van der Waals surface area (Å²) in [6.45, 7) is 5.15. The molecule has 0 spiro atoms. The molecular formula is C23H26N6O2. The molecule has 8 nitrogen and oxygen atoms in total. The summed E-state index contributed by atoms with van der Waals surface area (Å²) in [4.78, 5) is 21.7. The van der Waals surface area contributed by atoms with Crippen molar-refractivity contribution >= 4 is 11.6 Å². The second kappa shape index (κ2) is 8.87. The second-order valence-electron chi connectivity index (χ2n) is 7.83. The maximum absolute atomic E-state index is 13.4. The van der Waals surface area contributed by atoms with Gasteiger partial charge in [-0.2, -0.15) is 5.10 Å². The topological polar surface area (TPSA) is 75.5 Å². The summed E-state index contributed by atoms with van der Waals surface area (Å²) in [5, 5.41) is 7.76. The minimum atomic E-state index is -0.211. The van der Waals surface area contributed by atoms with Gasteiger partial charge in [-0.3, -0.25) is 9.69 Å². The van der Waals surface area contributed by atoms with Crippen molar-refractivity contribution in [3.63, 3.8) is 0 Å². The Morgan fingerprint density at radius 3 is 2.61 bits per heavy atom. The Labute approximate surface area is 181 Å². The molecule has 160 valence electrons. The summed E-state index contributed by atoms with van der Waals surface area (Å²) in [7, 11) is 0. The largest absolute Gasteiger partial charge is 0.379 e. The molecule has 2 aliphatic rings. The lowest BCUT2D eigenvalue weighted by molar-refractivity contribution is 0.0348. The first-order valence-corrected chi connectivity index (χ1v) is 10.7. The molecule has 0 aliphatic carbocycles. The summed E-state index contributed by atoms with van der Waals surface area (Å²) in [6.07, 6.45) is 3.90. The van der Waals surface area contributed by atoms with E-state index in [1.807, 2.05) is 53.4 Å². The molecule has 1 amide bonds. The first-order valence-electron chi connectivity index (χ1n) is 10.7. The molecule has 1 atom stereocenters. The van der Waals surface area contributed by atoms with Crippen molar-refractivity contribution in [2.24, 2.45) is 0 Å². The fourth-order valence-electron chi connectivity index (χ4n) is 4.23. The number of ether oxygens (including phenoxy) is 1. The van der Waals surface area contributed by atoms with Crippen molar-refractivity contribution in [3.05, 3.63) is 72.3 Å². The van der Waals surface area contributed by atoms with Gasteiger partial charge in [0.05, 0.1) is 24.5 Å². The predicted molar refractivity (Wildman–Crippen MR) is 117 cm³/mol. The van der Waals surface area contributed by atoms with Crippen LogP contribution in [0.5, 0.6) is 0 Å². The highest BCUT2D eigenvalue weighted by molar-refractivity contribution is 6.01. The molecule has 2 aromatic carbocycles. The maximum atomic E-state index is 13.4. The summed E-state index contributed by atoms with van der Waals surface area (Å²) >= 11 is 0. The Kier molecular flexibility index (Phi) is 5.64. The van der Waals surface area contributed by atoms with E-state index in [1.165, 1.54) is 6.33 Å². The predicted octanol–water partition coefficient (Wildman–Crippen LogP) is 2.56. The number of para-hydroxylation sites is 1. The Bertz CT molecular complexity index is 1010. The van der Waals surface area contributed by atoms with E-state index in [4.69, 9.17) is 4.74 Å². The standard InChI is InChI=1S/C23H26N6O2/c30-23-20-4-1-2-5-21(20)26-22(28(23)11-3-10-27-12-14-31-15-13-27)18-6-8-19(9-7-18)29-17-24-16-25-29/h1-2,4-9,16-17,22,26H,3,10-15H2/t22-/m1/s1. The number of nitrogens with one attached hydrogen (secondary N) is 1. The van der Waals surface area contributed by atoms with Crippen LogP contribution in [0.4, 0.5) is 5.69 Å². The highest BCUT2D eigenvalue weighted by Gasteiger charge is 2.32.